The molecule has 0 atom stereocenters. The van der Waals surface area contributed by atoms with Crippen LogP contribution in [0.25, 0.3) is 28.0 Å². The number of anilines is 2. The van der Waals surface area contributed by atoms with Gasteiger partial charge in [-0.25, -0.2) is 14.8 Å². The Hall–Kier alpha value is -4.13. The zero-order valence-electron chi connectivity index (χ0n) is 21.8. The van der Waals surface area contributed by atoms with Crippen LogP contribution in [-0.2, 0) is 15.5 Å². The zero-order chi connectivity index (χ0) is 28.2. The van der Waals surface area contributed by atoms with Crippen LogP contribution in [0.2, 0.25) is 0 Å². The Labute approximate surface area is 230 Å². The molecule has 39 heavy (non-hydrogen) atoms. The summed E-state index contributed by atoms with van der Waals surface area (Å²) in [5.41, 5.74) is 5.74. The first-order valence-electron chi connectivity index (χ1n) is 11.8. The number of urea groups is 1. The average Bonchev–Trinajstić information content (AvgIpc) is 3.51. The largest absolute Gasteiger partial charge is 0.325 e. The number of nitrogens with zero attached hydrogens (tertiary/aromatic N) is 4. The van der Waals surface area contributed by atoms with Gasteiger partial charge < -0.3 is 5.32 Å². The number of hydrogen-bond donors (Lipinski definition) is 3. The molecule has 202 valence electrons. The standard InChI is InChI=1S/C26H24N6OS.CH4O3S/c1-26(2,3)22-16-29-25(34-22)31-24(33)30-20-6-4-18(5-7-20)21-15-28-23-14-19(10-13-32(21)23)17-8-11-27-12-9-17;1-5(2,3)4/h4-16H,1-3H3,(H2,29,30,31,33);1H3,(H,2,3,4). The number of carbonyl (C=O) groups excluding carboxylic acids is 1. The number of benzene rings is 1. The van der Waals surface area contributed by atoms with Gasteiger partial charge >= 0.3 is 6.03 Å². The third-order valence-electron chi connectivity index (χ3n) is 5.43. The third kappa shape index (κ3) is 7.69. The van der Waals surface area contributed by atoms with Gasteiger partial charge in [0, 0.05) is 40.9 Å². The predicted molar refractivity (Wildman–Crippen MR) is 155 cm³/mol. The van der Waals surface area contributed by atoms with Crippen LogP contribution in [0, 0.1) is 0 Å². The van der Waals surface area contributed by atoms with Crippen molar-refractivity contribution in [3.8, 4) is 22.4 Å². The van der Waals surface area contributed by atoms with Crippen LogP contribution in [-0.4, -0.2) is 44.6 Å². The minimum Gasteiger partial charge on any atom is -0.308 e. The van der Waals surface area contributed by atoms with Gasteiger partial charge in [0.15, 0.2) is 5.13 Å². The molecule has 0 aliphatic carbocycles. The molecular weight excluding hydrogens is 536 g/mol. The molecule has 2 amide bonds. The lowest BCUT2D eigenvalue weighted by Crippen LogP contribution is -2.19. The van der Waals surface area contributed by atoms with Crippen molar-refractivity contribution in [1.82, 2.24) is 19.4 Å². The number of fused-ring (bicyclic) bond motifs is 1. The molecule has 0 aliphatic heterocycles. The van der Waals surface area contributed by atoms with Crippen molar-refractivity contribution < 1.29 is 17.8 Å². The molecule has 0 spiro atoms. The Kier molecular flexibility index (Phi) is 8.09. The molecule has 0 saturated carbocycles. The van der Waals surface area contributed by atoms with Gasteiger partial charge in [0.25, 0.3) is 10.1 Å². The van der Waals surface area contributed by atoms with Gasteiger partial charge in [-0.1, -0.05) is 32.9 Å². The molecule has 1 aromatic carbocycles. The number of thiazole rings is 1. The van der Waals surface area contributed by atoms with E-state index in [9.17, 15) is 13.2 Å². The highest BCUT2D eigenvalue weighted by Crippen LogP contribution is 2.30. The lowest BCUT2D eigenvalue weighted by Gasteiger charge is -2.14. The van der Waals surface area contributed by atoms with Crippen LogP contribution >= 0.6 is 11.3 Å². The summed E-state index contributed by atoms with van der Waals surface area (Å²) in [5.74, 6) is 0. The normalized spacial score (nSPS) is 11.5. The molecule has 0 unspecified atom stereocenters. The predicted octanol–water partition coefficient (Wildman–Crippen LogP) is 5.97. The summed E-state index contributed by atoms with van der Waals surface area (Å²) in [5, 5.41) is 6.25. The van der Waals surface area contributed by atoms with Crippen LogP contribution in [0.5, 0.6) is 0 Å². The van der Waals surface area contributed by atoms with Gasteiger partial charge in [0.2, 0.25) is 0 Å². The molecular formula is C27H28N6O4S2. The molecule has 5 rings (SSSR count). The quantitative estimate of drug-likeness (QED) is 0.229. The summed E-state index contributed by atoms with van der Waals surface area (Å²) in [7, 11) is -3.67. The van der Waals surface area contributed by atoms with Crippen LogP contribution in [0.3, 0.4) is 0 Å². The first-order valence-corrected chi connectivity index (χ1v) is 14.5. The number of nitrogens with one attached hydrogen (secondary N) is 2. The smallest absolute Gasteiger partial charge is 0.308 e. The average molecular weight is 565 g/mol. The fraction of sp³-hybridized carbons (Fsp3) is 0.185. The van der Waals surface area contributed by atoms with Crippen molar-refractivity contribution in [2.24, 2.45) is 0 Å². The lowest BCUT2D eigenvalue weighted by atomic mass is 9.96. The van der Waals surface area contributed by atoms with Crippen LogP contribution < -0.4 is 10.6 Å². The third-order valence-corrected chi connectivity index (χ3v) is 6.77. The Balaban J connectivity index is 0.000000648. The van der Waals surface area contributed by atoms with Gasteiger partial charge in [-0.3, -0.25) is 19.3 Å². The highest BCUT2D eigenvalue weighted by molar-refractivity contribution is 7.85. The molecule has 0 radical (unpaired) electrons. The minimum absolute atomic E-state index is 0.00232. The van der Waals surface area contributed by atoms with Gasteiger partial charge in [0.05, 0.1) is 18.1 Å². The van der Waals surface area contributed by atoms with E-state index in [1.807, 2.05) is 55.0 Å². The fourth-order valence-electron chi connectivity index (χ4n) is 3.58. The maximum Gasteiger partial charge on any atom is 0.325 e. The van der Waals surface area contributed by atoms with Gasteiger partial charge in [-0.2, -0.15) is 8.42 Å². The Morgan fingerprint density at radius 2 is 1.59 bits per heavy atom. The Morgan fingerprint density at radius 3 is 2.21 bits per heavy atom. The highest BCUT2D eigenvalue weighted by Gasteiger charge is 2.18. The second-order valence-electron chi connectivity index (χ2n) is 9.69. The molecule has 0 saturated heterocycles. The summed E-state index contributed by atoms with van der Waals surface area (Å²) in [4.78, 5) is 26.5. The van der Waals surface area contributed by atoms with Crippen LogP contribution in [0.4, 0.5) is 15.6 Å². The van der Waals surface area contributed by atoms with E-state index in [1.54, 1.807) is 12.4 Å². The first kappa shape index (κ1) is 27.9. The number of rotatable bonds is 4. The summed E-state index contributed by atoms with van der Waals surface area (Å²) >= 11 is 1.48. The van der Waals surface area contributed by atoms with Crippen molar-refractivity contribution in [2.45, 2.75) is 26.2 Å². The van der Waals surface area contributed by atoms with E-state index in [2.05, 4.69) is 62.9 Å². The maximum atomic E-state index is 12.4. The lowest BCUT2D eigenvalue weighted by molar-refractivity contribution is 0.262. The van der Waals surface area contributed by atoms with Crippen molar-refractivity contribution in [1.29, 1.82) is 0 Å². The van der Waals surface area contributed by atoms with E-state index in [4.69, 9.17) is 4.55 Å². The van der Waals surface area contributed by atoms with Crippen molar-refractivity contribution in [3.63, 3.8) is 0 Å². The molecule has 4 heterocycles. The first-order chi connectivity index (χ1) is 18.4. The zero-order valence-corrected chi connectivity index (χ0v) is 23.4. The van der Waals surface area contributed by atoms with Gasteiger partial charge in [-0.05, 0) is 52.9 Å². The summed E-state index contributed by atoms with van der Waals surface area (Å²) < 4.78 is 27.9. The molecule has 0 bridgehead atoms. The van der Waals surface area contributed by atoms with E-state index in [-0.39, 0.29) is 11.4 Å². The number of amides is 2. The number of imidazole rings is 1. The van der Waals surface area contributed by atoms with E-state index < -0.39 is 10.1 Å². The molecule has 0 fully saturated rings. The van der Waals surface area contributed by atoms with Gasteiger partial charge in [-0.15, -0.1) is 11.3 Å². The number of pyridine rings is 2. The van der Waals surface area contributed by atoms with E-state index in [0.29, 0.717) is 17.1 Å². The van der Waals surface area contributed by atoms with E-state index in [1.165, 1.54) is 11.3 Å². The van der Waals surface area contributed by atoms with Crippen LogP contribution in [0.15, 0.2) is 79.5 Å². The van der Waals surface area contributed by atoms with E-state index >= 15 is 0 Å². The van der Waals surface area contributed by atoms with Gasteiger partial charge in [0.1, 0.15) is 5.65 Å². The van der Waals surface area contributed by atoms with Crippen molar-refractivity contribution in [3.05, 3.63) is 84.4 Å². The second-order valence-corrected chi connectivity index (χ2v) is 12.2. The topological polar surface area (TPSA) is 139 Å². The van der Waals surface area contributed by atoms with E-state index in [0.717, 1.165) is 32.9 Å². The maximum absolute atomic E-state index is 12.4. The highest BCUT2D eigenvalue weighted by atomic mass is 32.2. The molecule has 0 aliphatic rings. The molecule has 12 heteroatoms. The number of hydrogen-bond acceptors (Lipinski definition) is 7. The summed E-state index contributed by atoms with van der Waals surface area (Å²) in [6, 6.07) is 15.5. The minimum atomic E-state index is -3.67. The van der Waals surface area contributed by atoms with Crippen LogP contribution in [0.1, 0.15) is 25.6 Å². The molecule has 3 N–H and O–H groups in total. The Bertz CT molecular complexity index is 1680. The summed E-state index contributed by atoms with van der Waals surface area (Å²) in [6.07, 6.45) is 9.97. The number of aromatic nitrogens is 4. The second kappa shape index (κ2) is 11.3. The molecule has 10 nitrogen and oxygen atoms in total. The van der Waals surface area contributed by atoms with Crippen molar-refractivity contribution in [2.75, 3.05) is 16.9 Å². The molecule has 4 aromatic heterocycles. The summed E-state index contributed by atoms with van der Waals surface area (Å²) in [6.45, 7) is 6.36. The van der Waals surface area contributed by atoms with Crippen molar-refractivity contribution >= 4 is 44.0 Å². The Morgan fingerprint density at radius 1 is 0.923 bits per heavy atom. The monoisotopic (exact) mass is 564 g/mol. The molecule has 5 aromatic rings. The fourth-order valence-corrected chi connectivity index (χ4v) is 4.45. The SMILES string of the molecule is CC(C)(C)c1cnc(NC(=O)Nc2ccc(-c3cnc4cc(-c5ccncc5)ccn34)cc2)s1.CS(=O)(=O)O. The number of carbonyl (C=O) groups is 1.